The highest BCUT2D eigenvalue weighted by molar-refractivity contribution is 6.31. The third-order valence-corrected chi connectivity index (χ3v) is 3.27. The van der Waals surface area contributed by atoms with Crippen LogP contribution in [0.1, 0.15) is 11.3 Å². The predicted octanol–water partition coefficient (Wildman–Crippen LogP) is 2.51. The van der Waals surface area contributed by atoms with Gasteiger partial charge in [-0.05, 0) is 31.8 Å². The molecule has 0 saturated heterocycles. The van der Waals surface area contributed by atoms with E-state index < -0.39 is 0 Å². The molecule has 0 unspecified atom stereocenters. The highest BCUT2D eigenvalue weighted by Gasteiger charge is 2.08. The Morgan fingerprint density at radius 2 is 2.09 bits per heavy atom. The molecule has 1 heterocycles. The maximum Gasteiger partial charge on any atom is 0.173 e. The third-order valence-electron chi connectivity index (χ3n) is 2.92. The minimum Gasteiger partial charge on any atom is -0.380 e. The summed E-state index contributed by atoms with van der Waals surface area (Å²) in [4.78, 5) is 10.3. The molecule has 0 fully saturated rings. The van der Waals surface area contributed by atoms with Crippen molar-refractivity contribution in [2.24, 2.45) is 16.1 Å². The quantitative estimate of drug-likeness (QED) is 0.382. The monoisotopic (exact) mass is 317 g/mol. The summed E-state index contributed by atoms with van der Waals surface area (Å²) in [6.45, 7) is 0.763. The van der Waals surface area contributed by atoms with Gasteiger partial charge in [-0.25, -0.2) is 9.97 Å². The average molecular weight is 318 g/mol. The van der Waals surface area contributed by atoms with E-state index in [2.05, 4.69) is 20.3 Å². The number of halogens is 1. The van der Waals surface area contributed by atoms with Gasteiger partial charge in [0, 0.05) is 17.1 Å². The molecule has 0 saturated carbocycles. The van der Waals surface area contributed by atoms with E-state index in [1.807, 2.05) is 37.2 Å². The van der Waals surface area contributed by atoms with Crippen LogP contribution in [0.5, 0.6) is 0 Å². The van der Waals surface area contributed by atoms with E-state index in [-0.39, 0.29) is 5.84 Å². The highest BCUT2D eigenvalue weighted by Crippen LogP contribution is 2.25. The van der Waals surface area contributed by atoms with Crippen molar-refractivity contribution in [3.8, 4) is 11.3 Å². The molecule has 0 radical (unpaired) electrons. The van der Waals surface area contributed by atoms with Crippen LogP contribution in [0, 0.1) is 5.53 Å². The number of nitrogens with two attached hydrogens (primary N) is 1. The van der Waals surface area contributed by atoms with E-state index in [0.717, 1.165) is 17.7 Å². The molecule has 2 rings (SSSR count). The fourth-order valence-electron chi connectivity index (χ4n) is 1.94. The molecule has 0 aliphatic rings. The molecule has 0 amide bonds. The molecule has 0 atom stereocenters. The molecule has 0 aliphatic carbocycles. The molecule has 1 aromatic heterocycles. The molecule has 3 N–H and O–H groups in total. The lowest BCUT2D eigenvalue weighted by Crippen LogP contribution is -2.14. The average Bonchev–Trinajstić information content (AvgIpc) is 2.49. The van der Waals surface area contributed by atoms with Crippen LogP contribution in [-0.2, 0) is 6.54 Å². The van der Waals surface area contributed by atoms with Gasteiger partial charge in [0.05, 0.1) is 5.69 Å². The smallest absolute Gasteiger partial charge is 0.173 e. The lowest BCUT2D eigenvalue weighted by atomic mass is 10.1. The molecule has 2 aromatic rings. The lowest BCUT2D eigenvalue weighted by Gasteiger charge is -2.12. The van der Waals surface area contributed by atoms with Crippen molar-refractivity contribution in [3.63, 3.8) is 0 Å². The Kier molecular flexibility index (Phi) is 5.13. The van der Waals surface area contributed by atoms with Crippen LogP contribution in [0.15, 0.2) is 40.9 Å². The molecule has 22 heavy (non-hydrogen) atoms. The summed E-state index contributed by atoms with van der Waals surface area (Å²) in [7, 11) is 3.97. The minimum absolute atomic E-state index is 0.0639. The van der Waals surface area contributed by atoms with Crippen LogP contribution in [0.3, 0.4) is 0 Å². The Hall–Kier alpha value is -2.38. The number of amidine groups is 1. The number of aromatic nitrogens is 2. The zero-order valence-corrected chi connectivity index (χ0v) is 13.0. The van der Waals surface area contributed by atoms with E-state index in [1.54, 1.807) is 6.07 Å². The molecular weight excluding hydrogens is 302 g/mol. The first-order valence-corrected chi connectivity index (χ1v) is 6.85. The lowest BCUT2D eigenvalue weighted by molar-refractivity contribution is 0.402. The van der Waals surface area contributed by atoms with Crippen LogP contribution < -0.4 is 5.73 Å². The number of benzene rings is 1. The molecule has 1 aromatic carbocycles. The second kappa shape index (κ2) is 7.06. The van der Waals surface area contributed by atoms with Crippen molar-refractivity contribution < 1.29 is 0 Å². The maximum atomic E-state index is 6.70. The van der Waals surface area contributed by atoms with Crippen molar-refractivity contribution in [1.29, 1.82) is 5.53 Å². The second-order valence-electron chi connectivity index (χ2n) is 4.92. The molecule has 114 valence electrons. The fourth-order valence-corrected chi connectivity index (χ4v) is 2.18. The van der Waals surface area contributed by atoms with Gasteiger partial charge in [0.1, 0.15) is 12.0 Å². The first-order valence-electron chi connectivity index (χ1n) is 6.47. The standard InChI is InChI=1S/C14H16ClN7/c1-22(2)7-10-4-3-9(5-11(10)15)12-6-13(19-8-18-12)14(16)20-21-17/h3-6,8H,7H2,1-2H3,(H3,16,17,20). The number of rotatable bonds is 5. The van der Waals surface area contributed by atoms with Crippen LogP contribution in [0.4, 0.5) is 0 Å². The highest BCUT2D eigenvalue weighted by atomic mass is 35.5. The summed E-state index contributed by atoms with van der Waals surface area (Å²) in [5.41, 5.74) is 15.4. The number of nitrogens with one attached hydrogen (secondary N) is 1. The van der Waals surface area contributed by atoms with Gasteiger partial charge >= 0.3 is 0 Å². The van der Waals surface area contributed by atoms with Crippen molar-refractivity contribution in [3.05, 3.63) is 46.9 Å². The summed E-state index contributed by atoms with van der Waals surface area (Å²) in [5.74, 6) is 0.0639. The van der Waals surface area contributed by atoms with E-state index in [1.165, 1.54) is 6.33 Å². The van der Waals surface area contributed by atoms with Crippen molar-refractivity contribution in [2.45, 2.75) is 6.54 Å². The first-order chi connectivity index (χ1) is 10.5. The van der Waals surface area contributed by atoms with Gasteiger partial charge in [-0.2, -0.15) is 5.53 Å². The summed E-state index contributed by atoms with van der Waals surface area (Å²) in [6, 6.07) is 7.45. The van der Waals surface area contributed by atoms with Gasteiger partial charge in [-0.3, -0.25) is 0 Å². The Labute approximate surface area is 133 Å². The van der Waals surface area contributed by atoms with Crippen molar-refractivity contribution in [1.82, 2.24) is 14.9 Å². The summed E-state index contributed by atoms with van der Waals surface area (Å²) in [6.07, 6.45) is 1.39. The van der Waals surface area contributed by atoms with Crippen LogP contribution >= 0.6 is 11.6 Å². The maximum absolute atomic E-state index is 6.70. The van der Waals surface area contributed by atoms with Crippen molar-refractivity contribution in [2.75, 3.05) is 14.1 Å². The first kappa shape index (κ1) is 16.0. The molecule has 0 bridgehead atoms. The third kappa shape index (κ3) is 3.84. The topological polar surface area (TPSA) is 104 Å². The van der Waals surface area contributed by atoms with Gasteiger partial charge < -0.3 is 10.6 Å². The summed E-state index contributed by atoms with van der Waals surface area (Å²) in [5, 5.41) is 7.03. The summed E-state index contributed by atoms with van der Waals surface area (Å²) < 4.78 is 0. The zero-order chi connectivity index (χ0) is 16.1. The number of nitrogens with zero attached hydrogens (tertiary/aromatic N) is 5. The van der Waals surface area contributed by atoms with Gasteiger partial charge in [0.2, 0.25) is 0 Å². The Morgan fingerprint density at radius 1 is 1.32 bits per heavy atom. The number of hydrogen-bond acceptors (Lipinski definition) is 5. The van der Waals surface area contributed by atoms with Gasteiger partial charge in [0.15, 0.2) is 5.84 Å². The van der Waals surface area contributed by atoms with E-state index in [4.69, 9.17) is 22.9 Å². The Morgan fingerprint density at radius 3 is 2.73 bits per heavy atom. The molecule has 0 spiro atoms. The predicted molar refractivity (Wildman–Crippen MR) is 85.7 cm³/mol. The second-order valence-corrected chi connectivity index (χ2v) is 5.32. The summed E-state index contributed by atoms with van der Waals surface area (Å²) >= 11 is 6.32. The van der Waals surface area contributed by atoms with Gasteiger partial charge in [-0.1, -0.05) is 29.0 Å². The molecular formula is C14H16ClN7. The minimum atomic E-state index is 0.0639. The van der Waals surface area contributed by atoms with E-state index in [9.17, 15) is 0 Å². The van der Waals surface area contributed by atoms with Crippen LogP contribution in [-0.4, -0.2) is 34.8 Å². The van der Waals surface area contributed by atoms with Crippen molar-refractivity contribution >= 4 is 17.4 Å². The zero-order valence-electron chi connectivity index (χ0n) is 12.3. The Balaban J connectivity index is 2.36. The van der Waals surface area contributed by atoms with Gasteiger partial charge in [-0.15, -0.1) is 5.10 Å². The molecule has 7 nitrogen and oxygen atoms in total. The van der Waals surface area contributed by atoms with Gasteiger partial charge in [0.25, 0.3) is 0 Å². The van der Waals surface area contributed by atoms with E-state index >= 15 is 0 Å². The normalized spacial score (nSPS) is 11.7. The van der Waals surface area contributed by atoms with E-state index in [0.29, 0.717) is 16.4 Å². The van der Waals surface area contributed by atoms with Crippen LogP contribution in [0.2, 0.25) is 5.02 Å². The SMILES string of the molecule is CN(C)Cc1ccc(-c2cc(C(N)=NN=N)ncn2)cc1Cl. The van der Waals surface area contributed by atoms with Crippen LogP contribution in [0.25, 0.3) is 11.3 Å². The molecule has 0 aliphatic heterocycles. The molecule has 8 heteroatoms. The number of hydrogen-bond donors (Lipinski definition) is 2. The Bertz CT molecular complexity index is 712. The fraction of sp³-hybridized carbons (Fsp3) is 0.214. The largest absolute Gasteiger partial charge is 0.380 e.